The topological polar surface area (TPSA) is 43.1 Å². The predicted molar refractivity (Wildman–Crippen MR) is 44.9 cm³/mol. The summed E-state index contributed by atoms with van der Waals surface area (Å²) < 4.78 is 1.66. The van der Waals surface area contributed by atoms with Crippen LogP contribution in [0.1, 0.15) is 25.5 Å². The molecule has 2 aromatic heterocycles. The van der Waals surface area contributed by atoms with Crippen molar-refractivity contribution in [2.75, 3.05) is 0 Å². The molecule has 0 bridgehead atoms. The van der Waals surface area contributed by atoms with Crippen LogP contribution in [0.4, 0.5) is 0 Å². The third kappa shape index (κ3) is 1.05. The van der Waals surface area contributed by atoms with Crippen molar-refractivity contribution < 1.29 is 0 Å². The Kier molecular flexibility index (Phi) is 1.53. The van der Waals surface area contributed by atoms with E-state index in [2.05, 4.69) is 29.1 Å². The lowest BCUT2D eigenvalue weighted by Gasteiger charge is -2.02. The summed E-state index contributed by atoms with van der Waals surface area (Å²) in [4.78, 5) is 4.37. The second-order valence-corrected chi connectivity index (χ2v) is 3.04. The van der Waals surface area contributed by atoms with E-state index in [0.717, 1.165) is 11.3 Å². The van der Waals surface area contributed by atoms with E-state index >= 15 is 0 Å². The normalized spacial score (nSPS) is 11.2. The molecule has 2 aromatic rings. The molecule has 0 unspecified atom stereocenters. The molecule has 2 heterocycles. The number of nitrogens with zero attached hydrogens (tertiary/aromatic N) is 4. The van der Waals surface area contributed by atoms with Crippen molar-refractivity contribution in [3.05, 3.63) is 24.2 Å². The van der Waals surface area contributed by atoms with E-state index in [-0.39, 0.29) is 0 Å². The molecule has 4 heteroatoms. The molecule has 0 aliphatic carbocycles. The standard InChI is InChI=1S/C8H10N4/c1-6(2)7-3-4-12-8(10-7)5-9-11-12/h3-6H,1-2H3. The fourth-order valence-electron chi connectivity index (χ4n) is 1.06. The molecule has 0 spiro atoms. The highest BCUT2D eigenvalue weighted by Gasteiger charge is 2.02. The van der Waals surface area contributed by atoms with E-state index in [0.29, 0.717) is 5.92 Å². The number of fused-ring (bicyclic) bond motifs is 1. The van der Waals surface area contributed by atoms with E-state index < -0.39 is 0 Å². The summed E-state index contributed by atoms with van der Waals surface area (Å²) >= 11 is 0. The van der Waals surface area contributed by atoms with Crippen molar-refractivity contribution in [2.45, 2.75) is 19.8 Å². The minimum Gasteiger partial charge on any atom is -0.232 e. The Balaban J connectivity index is 2.60. The molecule has 0 saturated carbocycles. The van der Waals surface area contributed by atoms with Crippen molar-refractivity contribution in [1.82, 2.24) is 19.8 Å². The fraction of sp³-hybridized carbons (Fsp3) is 0.375. The number of hydrogen-bond acceptors (Lipinski definition) is 3. The molecule has 0 amide bonds. The van der Waals surface area contributed by atoms with Gasteiger partial charge in [-0.1, -0.05) is 19.1 Å². The Morgan fingerprint density at radius 1 is 1.42 bits per heavy atom. The summed E-state index contributed by atoms with van der Waals surface area (Å²) in [6.45, 7) is 4.23. The fourth-order valence-corrected chi connectivity index (χ4v) is 1.06. The first-order chi connectivity index (χ1) is 5.77. The monoisotopic (exact) mass is 162 g/mol. The summed E-state index contributed by atoms with van der Waals surface area (Å²) in [5.41, 5.74) is 1.88. The average Bonchev–Trinajstić information content (AvgIpc) is 2.49. The second-order valence-electron chi connectivity index (χ2n) is 3.04. The first kappa shape index (κ1) is 7.21. The summed E-state index contributed by atoms with van der Waals surface area (Å²) in [6, 6.07) is 1.96. The van der Waals surface area contributed by atoms with Crippen molar-refractivity contribution >= 4 is 5.65 Å². The van der Waals surface area contributed by atoms with Gasteiger partial charge in [-0.05, 0) is 12.0 Å². The lowest BCUT2D eigenvalue weighted by atomic mass is 10.1. The third-order valence-corrected chi connectivity index (χ3v) is 1.78. The Bertz CT molecular complexity index is 391. The van der Waals surface area contributed by atoms with Gasteiger partial charge in [-0.2, -0.15) is 0 Å². The maximum atomic E-state index is 4.37. The van der Waals surface area contributed by atoms with Gasteiger partial charge in [-0.15, -0.1) is 5.10 Å². The first-order valence-electron chi connectivity index (χ1n) is 3.94. The number of rotatable bonds is 1. The Hall–Kier alpha value is -1.45. The largest absolute Gasteiger partial charge is 0.232 e. The zero-order valence-corrected chi connectivity index (χ0v) is 7.10. The lowest BCUT2D eigenvalue weighted by Crippen LogP contribution is -1.96. The van der Waals surface area contributed by atoms with E-state index in [1.54, 1.807) is 10.7 Å². The molecular formula is C8H10N4. The second kappa shape index (κ2) is 2.55. The highest BCUT2D eigenvalue weighted by molar-refractivity contribution is 5.33. The van der Waals surface area contributed by atoms with E-state index in [1.807, 2.05) is 12.3 Å². The zero-order chi connectivity index (χ0) is 8.55. The molecule has 2 rings (SSSR count). The Labute approximate surface area is 70.2 Å². The highest BCUT2D eigenvalue weighted by Crippen LogP contribution is 2.10. The molecular weight excluding hydrogens is 152 g/mol. The van der Waals surface area contributed by atoms with Gasteiger partial charge in [0.25, 0.3) is 0 Å². The molecule has 0 aromatic carbocycles. The molecule has 12 heavy (non-hydrogen) atoms. The highest BCUT2D eigenvalue weighted by atomic mass is 15.4. The SMILES string of the molecule is CC(C)c1ccn2nncc2n1. The van der Waals surface area contributed by atoms with Crippen molar-refractivity contribution in [2.24, 2.45) is 0 Å². The molecule has 4 nitrogen and oxygen atoms in total. The van der Waals surface area contributed by atoms with Crippen LogP contribution >= 0.6 is 0 Å². The van der Waals surface area contributed by atoms with E-state index in [4.69, 9.17) is 0 Å². The summed E-state index contributed by atoms with van der Waals surface area (Å²) in [5, 5.41) is 7.58. The number of aromatic nitrogens is 4. The van der Waals surface area contributed by atoms with Gasteiger partial charge in [0, 0.05) is 11.9 Å². The van der Waals surface area contributed by atoms with Gasteiger partial charge in [0.2, 0.25) is 0 Å². The molecule has 0 fully saturated rings. The van der Waals surface area contributed by atoms with Crippen LogP contribution in [0.2, 0.25) is 0 Å². The maximum Gasteiger partial charge on any atom is 0.175 e. The Morgan fingerprint density at radius 2 is 2.25 bits per heavy atom. The van der Waals surface area contributed by atoms with Gasteiger partial charge in [-0.3, -0.25) is 0 Å². The summed E-state index contributed by atoms with van der Waals surface area (Å²) in [6.07, 6.45) is 3.54. The van der Waals surface area contributed by atoms with Crippen LogP contribution in [0.3, 0.4) is 0 Å². The zero-order valence-electron chi connectivity index (χ0n) is 7.10. The van der Waals surface area contributed by atoms with Crippen LogP contribution in [0.15, 0.2) is 18.5 Å². The maximum absolute atomic E-state index is 4.37. The van der Waals surface area contributed by atoms with E-state index in [9.17, 15) is 0 Å². The van der Waals surface area contributed by atoms with Crippen LogP contribution in [-0.4, -0.2) is 19.8 Å². The van der Waals surface area contributed by atoms with E-state index in [1.165, 1.54) is 0 Å². The van der Waals surface area contributed by atoms with Crippen molar-refractivity contribution in [3.63, 3.8) is 0 Å². The molecule has 0 radical (unpaired) electrons. The quantitative estimate of drug-likeness (QED) is 0.633. The van der Waals surface area contributed by atoms with Gasteiger partial charge in [0.1, 0.15) is 0 Å². The van der Waals surface area contributed by atoms with Crippen LogP contribution in [-0.2, 0) is 0 Å². The van der Waals surface area contributed by atoms with Crippen molar-refractivity contribution in [3.8, 4) is 0 Å². The molecule has 0 aliphatic rings. The summed E-state index contributed by atoms with van der Waals surface area (Å²) in [7, 11) is 0. The van der Waals surface area contributed by atoms with Gasteiger partial charge in [-0.25, -0.2) is 9.50 Å². The molecule has 62 valence electrons. The van der Waals surface area contributed by atoms with Gasteiger partial charge in [0.15, 0.2) is 5.65 Å². The third-order valence-electron chi connectivity index (χ3n) is 1.78. The van der Waals surface area contributed by atoms with Crippen LogP contribution in [0, 0.1) is 0 Å². The van der Waals surface area contributed by atoms with Gasteiger partial charge >= 0.3 is 0 Å². The average molecular weight is 162 g/mol. The van der Waals surface area contributed by atoms with Crippen LogP contribution in [0.25, 0.3) is 5.65 Å². The van der Waals surface area contributed by atoms with Gasteiger partial charge in [0.05, 0.1) is 6.20 Å². The Morgan fingerprint density at radius 3 is 3.00 bits per heavy atom. The first-order valence-corrected chi connectivity index (χ1v) is 3.94. The lowest BCUT2D eigenvalue weighted by molar-refractivity contribution is 0.795. The smallest absolute Gasteiger partial charge is 0.175 e. The minimum absolute atomic E-state index is 0.449. The number of hydrogen-bond donors (Lipinski definition) is 0. The summed E-state index contributed by atoms with van der Waals surface area (Å²) in [5.74, 6) is 0.449. The minimum atomic E-state index is 0.449. The van der Waals surface area contributed by atoms with Crippen molar-refractivity contribution in [1.29, 1.82) is 0 Å². The predicted octanol–water partition coefficient (Wildman–Crippen LogP) is 1.25. The molecule has 0 atom stereocenters. The van der Waals surface area contributed by atoms with Crippen LogP contribution in [0.5, 0.6) is 0 Å². The molecule has 0 saturated heterocycles. The van der Waals surface area contributed by atoms with Crippen LogP contribution < -0.4 is 0 Å². The molecule has 0 aliphatic heterocycles. The van der Waals surface area contributed by atoms with Gasteiger partial charge < -0.3 is 0 Å². The molecule has 0 N–H and O–H groups in total.